The molecule has 2 aromatic heterocycles. The number of nitrogen functional groups attached to an aromatic ring is 1. The number of anilines is 1. The Hall–Kier alpha value is -2.49. The first-order valence-electron chi connectivity index (χ1n) is 5.70. The summed E-state index contributed by atoms with van der Waals surface area (Å²) in [6.07, 6.45) is 1.90. The van der Waals surface area contributed by atoms with Crippen LogP contribution in [0.25, 0.3) is 22.0 Å². The zero-order valence-corrected chi connectivity index (χ0v) is 9.97. The Labute approximate surface area is 104 Å². The fraction of sp³-hybridized carbons (Fsp3) is 0.0714. The molecule has 1 aromatic carbocycles. The minimum atomic E-state index is -0.102. The molecule has 0 amide bonds. The Kier molecular flexibility index (Phi) is 2.23. The maximum atomic E-state index is 11.8. The van der Waals surface area contributed by atoms with Gasteiger partial charge in [0.1, 0.15) is 5.82 Å². The molecule has 90 valence electrons. The van der Waals surface area contributed by atoms with Gasteiger partial charge >= 0.3 is 0 Å². The maximum absolute atomic E-state index is 11.8. The number of hydrogen-bond acceptors (Lipinski definition) is 2. The molecule has 0 saturated heterocycles. The summed E-state index contributed by atoms with van der Waals surface area (Å²) in [4.78, 5) is 15.0. The predicted molar refractivity (Wildman–Crippen MR) is 73.4 cm³/mol. The monoisotopic (exact) mass is 239 g/mol. The molecule has 3 rings (SSSR count). The van der Waals surface area contributed by atoms with Crippen molar-refractivity contribution in [1.82, 2.24) is 9.55 Å². The van der Waals surface area contributed by atoms with Crippen molar-refractivity contribution in [3.63, 3.8) is 0 Å². The first-order chi connectivity index (χ1) is 8.66. The highest BCUT2D eigenvalue weighted by Gasteiger charge is 2.08. The second kappa shape index (κ2) is 3.77. The van der Waals surface area contributed by atoms with Crippen LogP contribution < -0.4 is 11.3 Å². The molecule has 0 spiro atoms. The van der Waals surface area contributed by atoms with Gasteiger partial charge in [-0.2, -0.15) is 0 Å². The minimum Gasteiger partial charge on any atom is -0.385 e. The summed E-state index contributed by atoms with van der Waals surface area (Å²) < 4.78 is 1.43. The Balaban J connectivity index is 2.30. The highest BCUT2D eigenvalue weighted by Crippen LogP contribution is 2.28. The van der Waals surface area contributed by atoms with Crippen molar-refractivity contribution in [3.8, 4) is 11.1 Å². The quantitative estimate of drug-likeness (QED) is 0.683. The van der Waals surface area contributed by atoms with Crippen LogP contribution >= 0.6 is 0 Å². The standard InChI is InChI=1S/C14H13N3O/c1-17-13(15)6-9(7-14(17)18)11-8-16-12-5-3-2-4-10(11)12/h2-8,16H,15H2,1H3. The van der Waals surface area contributed by atoms with E-state index in [0.717, 1.165) is 22.0 Å². The average Bonchev–Trinajstić information content (AvgIpc) is 2.79. The van der Waals surface area contributed by atoms with Crippen LogP contribution in [0.1, 0.15) is 0 Å². The SMILES string of the molecule is Cn1c(N)cc(-c2c[nH]c3ccccc23)cc1=O. The van der Waals surface area contributed by atoms with Crippen LogP contribution in [0.2, 0.25) is 0 Å². The molecule has 0 bridgehead atoms. The van der Waals surface area contributed by atoms with Gasteiger partial charge in [-0.25, -0.2) is 0 Å². The van der Waals surface area contributed by atoms with Crippen molar-refractivity contribution in [3.05, 3.63) is 52.9 Å². The van der Waals surface area contributed by atoms with E-state index in [-0.39, 0.29) is 5.56 Å². The number of para-hydroxylation sites is 1. The second-order valence-electron chi connectivity index (χ2n) is 4.31. The van der Waals surface area contributed by atoms with E-state index < -0.39 is 0 Å². The molecule has 18 heavy (non-hydrogen) atoms. The summed E-state index contributed by atoms with van der Waals surface area (Å²) in [5.74, 6) is 0.461. The van der Waals surface area contributed by atoms with Crippen LogP contribution in [-0.4, -0.2) is 9.55 Å². The van der Waals surface area contributed by atoms with E-state index in [0.29, 0.717) is 5.82 Å². The molecule has 3 N–H and O–H groups in total. The fourth-order valence-electron chi connectivity index (χ4n) is 2.12. The Morgan fingerprint density at radius 2 is 2.00 bits per heavy atom. The molecule has 0 aliphatic rings. The number of nitrogens with two attached hydrogens (primary N) is 1. The van der Waals surface area contributed by atoms with E-state index in [2.05, 4.69) is 4.98 Å². The Bertz CT molecular complexity index is 783. The third-order valence-corrected chi connectivity index (χ3v) is 3.20. The number of hydrogen-bond donors (Lipinski definition) is 2. The van der Waals surface area contributed by atoms with Crippen molar-refractivity contribution >= 4 is 16.7 Å². The number of aromatic nitrogens is 2. The third kappa shape index (κ3) is 1.50. The van der Waals surface area contributed by atoms with Crippen LogP contribution in [0, 0.1) is 0 Å². The number of fused-ring (bicyclic) bond motifs is 1. The van der Waals surface area contributed by atoms with Crippen molar-refractivity contribution < 1.29 is 0 Å². The van der Waals surface area contributed by atoms with E-state index >= 15 is 0 Å². The molecule has 3 aromatic rings. The summed E-state index contributed by atoms with van der Waals surface area (Å²) in [6, 6.07) is 11.4. The number of pyridine rings is 1. The van der Waals surface area contributed by atoms with Crippen molar-refractivity contribution in [2.45, 2.75) is 0 Å². The number of rotatable bonds is 1. The molecule has 0 radical (unpaired) electrons. The molecule has 0 atom stereocenters. The van der Waals surface area contributed by atoms with Gasteiger partial charge in [0, 0.05) is 35.8 Å². The molecule has 0 aliphatic carbocycles. The van der Waals surface area contributed by atoms with Gasteiger partial charge in [0.2, 0.25) is 0 Å². The van der Waals surface area contributed by atoms with Crippen molar-refractivity contribution in [1.29, 1.82) is 0 Å². The summed E-state index contributed by atoms with van der Waals surface area (Å²) in [5, 5.41) is 1.09. The average molecular weight is 239 g/mol. The lowest BCUT2D eigenvalue weighted by atomic mass is 10.1. The lowest BCUT2D eigenvalue weighted by molar-refractivity contribution is 0.876. The largest absolute Gasteiger partial charge is 0.385 e. The number of nitrogens with zero attached hydrogens (tertiary/aromatic N) is 1. The molecule has 0 aliphatic heterocycles. The van der Waals surface area contributed by atoms with Gasteiger partial charge in [0.05, 0.1) is 0 Å². The summed E-state index contributed by atoms with van der Waals surface area (Å²) in [5.41, 5.74) is 8.61. The lowest BCUT2D eigenvalue weighted by Gasteiger charge is -2.05. The van der Waals surface area contributed by atoms with E-state index in [1.54, 1.807) is 13.1 Å². The molecule has 0 fully saturated rings. The molecular weight excluding hydrogens is 226 g/mol. The van der Waals surface area contributed by atoms with E-state index in [4.69, 9.17) is 5.73 Å². The molecule has 0 saturated carbocycles. The first kappa shape index (κ1) is 10.7. The summed E-state index contributed by atoms with van der Waals surface area (Å²) in [7, 11) is 1.66. The third-order valence-electron chi connectivity index (χ3n) is 3.20. The van der Waals surface area contributed by atoms with Crippen molar-refractivity contribution in [2.75, 3.05) is 5.73 Å². The summed E-state index contributed by atoms with van der Waals surface area (Å²) in [6.45, 7) is 0. The molecule has 2 heterocycles. The van der Waals surface area contributed by atoms with Gasteiger partial charge in [0.15, 0.2) is 0 Å². The van der Waals surface area contributed by atoms with Crippen LogP contribution in [0.3, 0.4) is 0 Å². The summed E-state index contributed by atoms with van der Waals surface area (Å²) >= 11 is 0. The van der Waals surface area contributed by atoms with E-state index in [1.807, 2.05) is 36.5 Å². The van der Waals surface area contributed by atoms with Gasteiger partial charge in [-0.3, -0.25) is 9.36 Å². The molecule has 0 unspecified atom stereocenters. The Morgan fingerprint density at radius 1 is 1.22 bits per heavy atom. The highest BCUT2D eigenvalue weighted by atomic mass is 16.1. The number of aromatic amines is 1. The first-order valence-corrected chi connectivity index (χ1v) is 5.70. The Morgan fingerprint density at radius 3 is 2.78 bits per heavy atom. The van der Waals surface area contributed by atoms with Gasteiger partial charge in [-0.1, -0.05) is 18.2 Å². The molecule has 4 nitrogen and oxygen atoms in total. The smallest absolute Gasteiger partial charge is 0.252 e. The molecule has 4 heteroatoms. The maximum Gasteiger partial charge on any atom is 0.252 e. The van der Waals surface area contributed by atoms with Gasteiger partial charge in [0.25, 0.3) is 5.56 Å². The van der Waals surface area contributed by atoms with Crippen molar-refractivity contribution in [2.24, 2.45) is 7.05 Å². The number of H-pyrrole nitrogens is 1. The van der Waals surface area contributed by atoms with E-state index in [9.17, 15) is 4.79 Å². The van der Waals surface area contributed by atoms with Crippen LogP contribution in [0.4, 0.5) is 5.82 Å². The zero-order valence-electron chi connectivity index (χ0n) is 9.97. The number of benzene rings is 1. The molecular formula is C14H13N3O. The van der Waals surface area contributed by atoms with Crippen LogP contribution in [0.5, 0.6) is 0 Å². The predicted octanol–water partition coefficient (Wildman–Crippen LogP) is 2.12. The van der Waals surface area contributed by atoms with Gasteiger partial charge in [-0.05, 0) is 17.7 Å². The topological polar surface area (TPSA) is 63.8 Å². The second-order valence-corrected chi connectivity index (χ2v) is 4.31. The number of nitrogens with one attached hydrogen (secondary N) is 1. The normalized spacial score (nSPS) is 10.9. The zero-order chi connectivity index (χ0) is 12.7. The van der Waals surface area contributed by atoms with Crippen LogP contribution in [-0.2, 0) is 7.05 Å². The van der Waals surface area contributed by atoms with Gasteiger partial charge < -0.3 is 10.7 Å². The van der Waals surface area contributed by atoms with Gasteiger partial charge in [-0.15, -0.1) is 0 Å². The van der Waals surface area contributed by atoms with E-state index in [1.165, 1.54) is 4.57 Å². The van der Waals surface area contributed by atoms with Crippen LogP contribution in [0.15, 0.2) is 47.4 Å². The fourth-order valence-corrected chi connectivity index (χ4v) is 2.12. The highest BCUT2D eigenvalue weighted by molar-refractivity contribution is 5.95. The lowest BCUT2D eigenvalue weighted by Crippen LogP contribution is -2.18. The minimum absolute atomic E-state index is 0.102.